The van der Waals surface area contributed by atoms with Gasteiger partial charge in [0.15, 0.2) is 0 Å². The van der Waals surface area contributed by atoms with Gasteiger partial charge in [-0.05, 0) is 91.0 Å². The van der Waals surface area contributed by atoms with Gasteiger partial charge in [0.2, 0.25) is 11.4 Å². The second-order valence-corrected chi connectivity index (χ2v) is 27.9. The monoisotopic (exact) mass is 742 g/mol. The average Bonchev–Trinajstić information content (AvgIpc) is 3.03. The van der Waals surface area contributed by atoms with Crippen molar-refractivity contribution in [3.8, 4) is 0 Å². The molecule has 2 aromatic carbocycles. The summed E-state index contributed by atoms with van der Waals surface area (Å²) in [5, 5.41) is 0.679. The van der Waals surface area contributed by atoms with E-state index in [0.717, 1.165) is 38.5 Å². The summed E-state index contributed by atoms with van der Waals surface area (Å²) in [7, 11) is 0. The molecule has 5 atom stereocenters. The smallest absolute Gasteiger partial charge is 0.247 e. The van der Waals surface area contributed by atoms with Gasteiger partial charge in [0.05, 0.1) is 26.4 Å². The van der Waals surface area contributed by atoms with Crippen LogP contribution < -0.4 is 0 Å². The third-order valence-corrected chi connectivity index (χ3v) is 20.5. The highest BCUT2D eigenvalue weighted by Gasteiger charge is 2.38. The van der Waals surface area contributed by atoms with Gasteiger partial charge in [-0.1, -0.05) is 132 Å². The maximum absolute atomic E-state index is 6.36. The normalized spacial score (nSPS) is 23.5. The summed E-state index contributed by atoms with van der Waals surface area (Å²) < 4.78 is 25.3. The Hall–Kier alpha value is 0.280. The van der Waals surface area contributed by atoms with Gasteiger partial charge in [-0.15, -0.1) is 0 Å². The predicted molar refractivity (Wildman–Crippen MR) is 209 cm³/mol. The van der Waals surface area contributed by atoms with Crippen LogP contribution in [0.4, 0.5) is 0 Å². The molecule has 0 N–H and O–H groups in total. The minimum atomic E-state index is -2.41. The third-order valence-electron chi connectivity index (χ3n) is 9.18. The molecule has 4 rings (SSSR count). The molecule has 0 saturated carbocycles. The summed E-state index contributed by atoms with van der Waals surface area (Å²) in [4.78, 5) is 0. The van der Waals surface area contributed by atoms with Crippen LogP contribution in [0.1, 0.15) is 110 Å². The lowest BCUT2D eigenvalue weighted by Crippen LogP contribution is -2.29. The Kier molecular flexibility index (Phi) is 14.8. The lowest BCUT2D eigenvalue weighted by Gasteiger charge is -2.39. The molecule has 0 bridgehead atoms. The van der Waals surface area contributed by atoms with Gasteiger partial charge in [0.1, 0.15) is 0 Å². The lowest BCUT2D eigenvalue weighted by atomic mass is 9.85. The Morgan fingerprint density at radius 1 is 0.674 bits per heavy atom. The van der Waals surface area contributed by atoms with Crippen molar-refractivity contribution in [3.63, 3.8) is 0 Å². The van der Waals surface area contributed by atoms with E-state index < -0.39 is 11.4 Å². The van der Waals surface area contributed by atoms with Crippen LogP contribution in [0.2, 0.25) is 0 Å². The average molecular weight is 743 g/mol. The van der Waals surface area contributed by atoms with Gasteiger partial charge in [0.25, 0.3) is 0 Å². The standard InChI is InChI=1S/C36H56O4P2S4/c1-8-30(32-17-13-10-14-18-32)19-21-34(46-42(44)39-26-36(6,7)27-40-42)22-20-33(23-28(2)31-15-11-9-12-16-31)29(3)45-41(43)37-24-35(4,5)25-38-41/h9-18,28-30,33-34H,8,19-27H2,1-7H3. The number of rotatable bonds is 16. The van der Waals surface area contributed by atoms with Crippen molar-refractivity contribution in [2.24, 2.45) is 16.7 Å². The molecule has 5 unspecified atom stereocenters. The molecule has 0 aromatic heterocycles. The van der Waals surface area contributed by atoms with E-state index in [1.807, 2.05) is 11.4 Å². The summed E-state index contributed by atoms with van der Waals surface area (Å²) in [5.41, 5.74) is -1.96. The molecule has 2 fully saturated rings. The minimum absolute atomic E-state index is 0.00602. The molecule has 2 saturated heterocycles. The first-order valence-electron chi connectivity index (χ1n) is 17.0. The van der Waals surface area contributed by atoms with Crippen LogP contribution in [-0.4, -0.2) is 36.9 Å². The second-order valence-electron chi connectivity index (χ2n) is 14.8. The molecule has 0 aliphatic carbocycles. The largest absolute Gasteiger partial charge is 0.321 e. The molecule has 2 aliphatic heterocycles. The maximum atomic E-state index is 6.36. The number of hydrogen-bond acceptors (Lipinski definition) is 8. The van der Waals surface area contributed by atoms with Gasteiger partial charge in [0, 0.05) is 21.3 Å². The fourth-order valence-corrected chi connectivity index (χ4v) is 17.9. The molecule has 0 spiro atoms. The zero-order chi connectivity index (χ0) is 33.4. The van der Waals surface area contributed by atoms with E-state index in [0.29, 0.717) is 54.7 Å². The summed E-state index contributed by atoms with van der Waals surface area (Å²) in [5.74, 6) is 1.43. The van der Waals surface area contributed by atoms with E-state index in [9.17, 15) is 0 Å². The Labute approximate surface area is 298 Å². The van der Waals surface area contributed by atoms with E-state index >= 15 is 0 Å². The summed E-state index contributed by atoms with van der Waals surface area (Å²) in [6.45, 7) is 18.4. The Bertz CT molecular complexity index is 1280. The minimum Gasteiger partial charge on any atom is -0.321 e. The highest BCUT2D eigenvalue weighted by Crippen LogP contribution is 2.68. The molecule has 2 heterocycles. The summed E-state index contributed by atoms with van der Waals surface area (Å²) >= 11 is 15.8. The topological polar surface area (TPSA) is 36.9 Å². The molecule has 0 radical (unpaired) electrons. The van der Waals surface area contributed by atoms with Gasteiger partial charge in [-0.2, -0.15) is 0 Å². The van der Waals surface area contributed by atoms with E-state index in [-0.39, 0.29) is 10.8 Å². The Balaban J connectivity index is 1.50. The molecule has 258 valence electrons. The van der Waals surface area contributed by atoms with Crippen molar-refractivity contribution in [1.82, 2.24) is 0 Å². The third kappa shape index (κ3) is 12.3. The SMILES string of the molecule is CCC(CCC(CCC(CC(C)c1ccccc1)C(C)SP1(=S)OCC(C)(C)CO1)SP1(=S)OCC(C)(C)CO1)c1ccccc1. The van der Waals surface area contributed by atoms with E-state index in [1.165, 1.54) is 11.1 Å². The first kappa shape index (κ1) is 39.1. The first-order valence-corrected chi connectivity index (χ1v) is 25.2. The van der Waals surface area contributed by atoms with Crippen LogP contribution >= 0.6 is 34.2 Å². The molecular formula is C36H56O4P2S4. The maximum Gasteiger partial charge on any atom is 0.247 e. The van der Waals surface area contributed by atoms with Crippen LogP contribution in [0, 0.1) is 16.7 Å². The fourth-order valence-electron chi connectivity index (χ4n) is 6.05. The van der Waals surface area contributed by atoms with Crippen molar-refractivity contribution in [3.05, 3.63) is 71.8 Å². The van der Waals surface area contributed by atoms with Gasteiger partial charge in [-0.3, -0.25) is 0 Å². The van der Waals surface area contributed by atoms with E-state index in [4.69, 9.17) is 41.7 Å². The first-order chi connectivity index (χ1) is 21.7. The Morgan fingerprint density at radius 2 is 1.13 bits per heavy atom. The highest BCUT2D eigenvalue weighted by molar-refractivity contribution is 8.68. The predicted octanol–water partition coefficient (Wildman–Crippen LogP) is 12.4. The molecule has 4 nitrogen and oxygen atoms in total. The number of hydrogen-bond donors (Lipinski definition) is 0. The second kappa shape index (κ2) is 17.5. The number of benzene rings is 2. The lowest BCUT2D eigenvalue weighted by molar-refractivity contribution is 0.0671. The molecule has 0 amide bonds. The fraction of sp³-hybridized carbons (Fsp3) is 0.667. The molecule has 10 heteroatoms. The summed E-state index contributed by atoms with van der Waals surface area (Å²) in [6, 6.07) is 21.9. The van der Waals surface area contributed by atoms with Crippen LogP contribution in [0.3, 0.4) is 0 Å². The Morgan fingerprint density at radius 3 is 1.63 bits per heavy atom. The van der Waals surface area contributed by atoms with Crippen molar-refractivity contribution in [2.45, 2.75) is 109 Å². The summed E-state index contributed by atoms with van der Waals surface area (Å²) in [6.07, 6.45) is 6.60. The van der Waals surface area contributed by atoms with Gasteiger partial charge < -0.3 is 18.1 Å². The van der Waals surface area contributed by atoms with Crippen molar-refractivity contribution >= 4 is 57.8 Å². The van der Waals surface area contributed by atoms with E-state index in [2.05, 4.69) is 109 Å². The van der Waals surface area contributed by atoms with Crippen LogP contribution in [0.5, 0.6) is 0 Å². The molecule has 2 aliphatic rings. The van der Waals surface area contributed by atoms with Crippen molar-refractivity contribution in [2.75, 3.05) is 26.4 Å². The zero-order valence-electron chi connectivity index (χ0n) is 28.9. The zero-order valence-corrected chi connectivity index (χ0v) is 33.9. The van der Waals surface area contributed by atoms with Crippen LogP contribution in [0.25, 0.3) is 0 Å². The van der Waals surface area contributed by atoms with Gasteiger partial charge in [-0.25, -0.2) is 0 Å². The highest BCUT2D eigenvalue weighted by atomic mass is 32.9. The quantitative estimate of drug-likeness (QED) is 0.157. The van der Waals surface area contributed by atoms with Crippen molar-refractivity contribution < 1.29 is 18.1 Å². The van der Waals surface area contributed by atoms with Gasteiger partial charge >= 0.3 is 0 Å². The van der Waals surface area contributed by atoms with Crippen LogP contribution in [-0.2, 0) is 41.7 Å². The van der Waals surface area contributed by atoms with E-state index in [1.54, 1.807) is 11.4 Å². The molecule has 46 heavy (non-hydrogen) atoms. The molecule has 2 aromatic rings. The molecular weight excluding hydrogens is 687 g/mol. The van der Waals surface area contributed by atoms with Crippen molar-refractivity contribution in [1.29, 1.82) is 0 Å². The van der Waals surface area contributed by atoms with Crippen LogP contribution in [0.15, 0.2) is 60.7 Å².